The Balaban J connectivity index is 1.58. The number of aryl methyl sites for hydroxylation is 1. The maximum Gasteiger partial charge on any atom is 0.244 e. The van der Waals surface area contributed by atoms with Crippen molar-refractivity contribution in [3.05, 3.63) is 71.0 Å². The summed E-state index contributed by atoms with van der Waals surface area (Å²) in [4.78, 5) is 11.9. The van der Waals surface area contributed by atoms with Gasteiger partial charge in [-0.3, -0.25) is 4.79 Å². The van der Waals surface area contributed by atoms with Crippen LogP contribution < -0.4 is 5.43 Å². The summed E-state index contributed by atoms with van der Waals surface area (Å²) in [6.45, 7) is 0. The number of rotatable bonds is 3. The molecule has 3 rings (SSSR count). The Bertz CT molecular complexity index is 707. The molecule has 112 valence electrons. The first-order valence-electron chi connectivity index (χ1n) is 7.36. The summed E-state index contributed by atoms with van der Waals surface area (Å²) >= 11 is 0. The van der Waals surface area contributed by atoms with E-state index in [1.165, 1.54) is 23.3 Å². The van der Waals surface area contributed by atoms with E-state index in [9.17, 15) is 9.18 Å². The molecular weight excluding hydrogens is 279 g/mol. The number of hydrogen-bond donors (Lipinski definition) is 1. The second kappa shape index (κ2) is 6.52. The summed E-state index contributed by atoms with van der Waals surface area (Å²) in [7, 11) is 0. The van der Waals surface area contributed by atoms with Crippen LogP contribution >= 0.6 is 0 Å². The molecule has 22 heavy (non-hydrogen) atoms. The predicted molar refractivity (Wildman–Crippen MR) is 84.1 cm³/mol. The Kier molecular flexibility index (Phi) is 4.28. The molecule has 2 aromatic rings. The second-order valence-corrected chi connectivity index (χ2v) is 5.46. The minimum Gasteiger partial charge on any atom is -0.273 e. The van der Waals surface area contributed by atoms with E-state index in [2.05, 4.69) is 22.7 Å². The molecular formula is C18H17FN2O. The van der Waals surface area contributed by atoms with Crippen LogP contribution in [-0.2, 0) is 24.1 Å². The zero-order valence-electron chi connectivity index (χ0n) is 12.2. The van der Waals surface area contributed by atoms with E-state index in [4.69, 9.17) is 0 Å². The first kappa shape index (κ1) is 14.4. The number of halogens is 1. The molecule has 1 N–H and O–H groups in total. The molecule has 0 fully saturated rings. The van der Waals surface area contributed by atoms with Crippen molar-refractivity contribution in [3.8, 4) is 0 Å². The number of benzene rings is 2. The van der Waals surface area contributed by atoms with Gasteiger partial charge in [0.2, 0.25) is 5.91 Å². The highest BCUT2D eigenvalue weighted by molar-refractivity contribution is 5.90. The molecule has 0 saturated carbocycles. The number of nitrogens with zero attached hydrogens (tertiary/aromatic N) is 1. The molecule has 0 spiro atoms. The topological polar surface area (TPSA) is 41.5 Å². The van der Waals surface area contributed by atoms with Gasteiger partial charge in [0.05, 0.1) is 6.42 Å². The van der Waals surface area contributed by atoms with Gasteiger partial charge in [-0.25, -0.2) is 9.82 Å². The van der Waals surface area contributed by atoms with Crippen molar-refractivity contribution >= 4 is 11.6 Å². The van der Waals surface area contributed by atoms with Crippen molar-refractivity contribution in [1.82, 2.24) is 5.43 Å². The van der Waals surface area contributed by atoms with Crippen LogP contribution in [-0.4, -0.2) is 11.6 Å². The lowest BCUT2D eigenvalue weighted by Gasteiger charge is -2.17. The Morgan fingerprint density at radius 1 is 1.05 bits per heavy atom. The zero-order valence-corrected chi connectivity index (χ0v) is 12.2. The highest BCUT2D eigenvalue weighted by atomic mass is 19.1. The van der Waals surface area contributed by atoms with Gasteiger partial charge in [0.1, 0.15) is 5.82 Å². The van der Waals surface area contributed by atoms with Crippen molar-refractivity contribution in [3.63, 3.8) is 0 Å². The third-order valence-electron chi connectivity index (χ3n) is 3.81. The smallest absolute Gasteiger partial charge is 0.244 e. The van der Waals surface area contributed by atoms with Crippen LogP contribution in [0.4, 0.5) is 4.39 Å². The van der Waals surface area contributed by atoms with Crippen LogP contribution in [0.25, 0.3) is 0 Å². The Hall–Kier alpha value is -2.49. The van der Waals surface area contributed by atoms with Crippen molar-refractivity contribution in [1.29, 1.82) is 0 Å². The van der Waals surface area contributed by atoms with E-state index >= 15 is 0 Å². The molecule has 0 aliphatic heterocycles. The lowest BCUT2D eigenvalue weighted by atomic mass is 9.90. The number of nitrogens with one attached hydrogen (secondary N) is 1. The molecule has 0 saturated heterocycles. The predicted octanol–water partition coefficient (Wildman–Crippen LogP) is 3.03. The number of carbonyl (C=O) groups excluding carboxylic acids is 1. The zero-order chi connectivity index (χ0) is 15.4. The lowest BCUT2D eigenvalue weighted by molar-refractivity contribution is -0.120. The number of hydrogen-bond acceptors (Lipinski definition) is 2. The number of fused-ring (bicyclic) bond motifs is 1. The van der Waals surface area contributed by atoms with Crippen molar-refractivity contribution in [2.75, 3.05) is 0 Å². The van der Waals surface area contributed by atoms with E-state index in [0.29, 0.717) is 0 Å². The highest BCUT2D eigenvalue weighted by Gasteiger charge is 2.13. The Labute approximate surface area is 128 Å². The van der Waals surface area contributed by atoms with E-state index in [0.717, 1.165) is 30.5 Å². The summed E-state index contributed by atoms with van der Waals surface area (Å²) in [5, 5.41) is 4.24. The summed E-state index contributed by atoms with van der Waals surface area (Å²) in [6.07, 6.45) is 2.82. The average Bonchev–Trinajstić information content (AvgIpc) is 2.55. The van der Waals surface area contributed by atoms with Crippen molar-refractivity contribution < 1.29 is 9.18 Å². The van der Waals surface area contributed by atoms with Gasteiger partial charge in [-0.05, 0) is 41.7 Å². The van der Waals surface area contributed by atoms with Crippen LogP contribution in [0.3, 0.4) is 0 Å². The standard InChI is InChI=1S/C18H17FN2O/c19-16-8-5-13(6-9-16)11-18(22)21-20-17-10-7-14-3-1-2-4-15(14)12-17/h1-6,8-9H,7,10-12H2,(H,21,22)/b20-17+. The molecule has 2 aromatic carbocycles. The van der Waals surface area contributed by atoms with Gasteiger partial charge in [0.25, 0.3) is 0 Å². The van der Waals surface area contributed by atoms with Gasteiger partial charge in [0, 0.05) is 12.1 Å². The first-order chi connectivity index (χ1) is 10.7. The third-order valence-corrected chi connectivity index (χ3v) is 3.81. The SMILES string of the molecule is O=C(Cc1ccc(F)cc1)N/N=C1\CCc2ccccc2C1. The van der Waals surface area contributed by atoms with Crippen LogP contribution in [0.2, 0.25) is 0 Å². The van der Waals surface area contributed by atoms with Gasteiger partial charge in [-0.15, -0.1) is 0 Å². The molecule has 3 nitrogen and oxygen atoms in total. The number of carbonyl (C=O) groups is 1. The molecule has 0 unspecified atom stereocenters. The molecule has 0 bridgehead atoms. The molecule has 1 aliphatic rings. The highest BCUT2D eigenvalue weighted by Crippen LogP contribution is 2.18. The van der Waals surface area contributed by atoms with E-state index < -0.39 is 0 Å². The molecule has 0 atom stereocenters. The summed E-state index contributed by atoms with van der Waals surface area (Å²) in [6, 6.07) is 14.2. The molecule has 1 aliphatic carbocycles. The first-order valence-corrected chi connectivity index (χ1v) is 7.36. The summed E-state index contributed by atoms with van der Waals surface area (Å²) in [5.74, 6) is -0.483. The number of amides is 1. The normalized spacial score (nSPS) is 15.4. The van der Waals surface area contributed by atoms with Gasteiger partial charge < -0.3 is 0 Å². The van der Waals surface area contributed by atoms with Crippen LogP contribution in [0.1, 0.15) is 23.1 Å². The largest absolute Gasteiger partial charge is 0.273 e. The van der Waals surface area contributed by atoms with Crippen LogP contribution in [0.15, 0.2) is 53.6 Å². The Morgan fingerprint density at radius 2 is 1.77 bits per heavy atom. The molecule has 0 aromatic heterocycles. The molecule has 0 radical (unpaired) electrons. The maximum atomic E-state index is 12.8. The minimum atomic E-state index is -0.301. The maximum absolute atomic E-state index is 12.8. The number of hydrazone groups is 1. The molecule has 4 heteroatoms. The van der Waals surface area contributed by atoms with Gasteiger partial charge in [-0.1, -0.05) is 36.4 Å². The van der Waals surface area contributed by atoms with Gasteiger partial charge >= 0.3 is 0 Å². The van der Waals surface area contributed by atoms with Gasteiger partial charge in [0.15, 0.2) is 0 Å². The van der Waals surface area contributed by atoms with E-state index in [1.807, 2.05) is 12.1 Å². The van der Waals surface area contributed by atoms with Gasteiger partial charge in [-0.2, -0.15) is 5.10 Å². The van der Waals surface area contributed by atoms with Crippen molar-refractivity contribution in [2.45, 2.75) is 25.7 Å². The second-order valence-electron chi connectivity index (χ2n) is 5.46. The van der Waals surface area contributed by atoms with Crippen molar-refractivity contribution in [2.24, 2.45) is 5.10 Å². The summed E-state index contributed by atoms with van der Waals surface area (Å²) in [5.41, 5.74) is 7.00. The summed E-state index contributed by atoms with van der Waals surface area (Å²) < 4.78 is 12.8. The fourth-order valence-electron chi connectivity index (χ4n) is 2.63. The third kappa shape index (κ3) is 3.58. The van der Waals surface area contributed by atoms with Crippen LogP contribution in [0, 0.1) is 5.82 Å². The fraction of sp³-hybridized carbons (Fsp3) is 0.222. The minimum absolute atomic E-state index is 0.182. The average molecular weight is 296 g/mol. The van der Waals surface area contributed by atoms with E-state index in [-0.39, 0.29) is 18.1 Å². The fourth-order valence-corrected chi connectivity index (χ4v) is 2.63. The lowest BCUT2D eigenvalue weighted by Crippen LogP contribution is -2.24. The molecule has 1 amide bonds. The molecule has 0 heterocycles. The Morgan fingerprint density at radius 3 is 2.55 bits per heavy atom. The quantitative estimate of drug-likeness (QED) is 0.869. The monoisotopic (exact) mass is 296 g/mol. The van der Waals surface area contributed by atoms with E-state index in [1.54, 1.807) is 12.1 Å². The van der Waals surface area contributed by atoms with Crippen LogP contribution in [0.5, 0.6) is 0 Å².